The number of benzene rings is 1. The zero-order chi connectivity index (χ0) is 17.0. The van der Waals surface area contributed by atoms with Crippen LogP contribution in [0.25, 0.3) is 0 Å². The SMILES string of the molecule is CSc1cccc(N2CCN(C(=O)OC(C)(C)C)CC2)c1C=O. The van der Waals surface area contributed by atoms with Crippen molar-refractivity contribution in [2.75, 3.05) is 37.3 Å². The van der Waals surface area contributed by atoms with Gasteiger partial charge in [0.15, 0.2) is 6.29 Å². The lowest BCUT2D eigenvalue weighted by atomic mass is 10.1. The fourth-order valence-corrected chi connectivity index (χ4v) is 3.15. The zero-order valence-corrected chi connectivity index (χ0v) is 15.0. The maximum absolute atomic E-state index is 12.1. The van der Waals surface area contributed by atoms with Gasteiger partial charge in [0.1, 0.15) is 5.60 Å². The standard InChI is InChI=1S/C17H24N2O3S/c1-17(2,3)22-16(21)19-10-8-18(9-11-19)14-6-5-7-15(23-4)13(14)12-20/h5-7,12H,8-11H2,1-4H3. The van der Waals surface area contributed by atoms with E-state index in [4.69, 9.17) is 4.74 Å². The van der Waals surface area contributed by atoms with Gasteiger partial charge in [0.05, 0.1) is 5.56 Å². The van der Waals surface area contributed by atoms with E-state index in [-0.39, 0.29) is 6.09 Å². The van der Waals surface area contributed by atoms with Gasteiger partial charge in [-0.2, -0.15) is 0 Å². The van der Waals surface area contributed by atoms with Crippen LogP contribution in [0.4, 0.5) is 10.5 Å². The highest BCUT2D eigenvalue weighted by molar-refractivity contribution is 7.98. The molecule has 6 heteroatoms. The van der Waals surface area contributed by atoms with Crippen molar-refractivity contribution in [3.05, 3.63) is 23.8 Å². The maximum atomic E-state index is 12.1. The summed E-state index contributed by atoms with van der Waals surface area (Å²) in [7, 11) is 0. The van der Waals surface area contributed by atoms with Crippen LogP contribution < -0.4 is 4.90 Å². The lowest BCUT2D eigenvalue weighted by Gasteiger charge is -2.37. The summed E-state index contributed by atoms with van der Waals surface area (Å²) in [4.78, 5) is 28.4. The van der Waals surface area contributed by atoms with Gasteiger partial charge >= 0.3 is 6.09 Å². The van der Waals surface area contributed by atoms with Gasteiger partial charge in [-0.25, -0.2) is 4.79 Å². The molecule has 1 aliphatic heterocycles. The smallest absolute Gasteiger partial charge is 0.410 e. The van der Waals surface area contributed by atoms with Gasteiger partial charge in [-0.05, 0) is 39.2 Å². The molecular formula is C17H24N2O3S. The Hall–Kier alpha value is -1.69. The third-order valence-corrected chi connectivity index (χ3v) is 4.45. The van der Waals surface area contributed by atoms with Crippen molar-refractivity contribution in [2.45, 2.75) is 31.3 Å². The first-order valence-corrected chi connectivity index (χ1v) is 8.93. The first kappa shape index (κ1) is 17.7. The number of hydrogen-bond acceptors (Lipinski definition) is 5. The van der Waals surface area contributed by atoms with Crippen LogP contribution in [-0.2, 0) is 4.74 Å². The number of anilines is 1. The van der Waals surface area contributed by atoms with Crippen molar-refractivity contribution in [1.82, 2.24) is 4.90 Å². The van der Waals surface area contributed by atoms with Crippen LogP contribution in [0.3, 0.4) is 0 Å². The summed E-state index contributed by atoms with van der Waals surface area (Å²) in [5.41, 5.74) is 1.19. The molecule has 1 aromatic carbocycles. The minimum atomic E-state index is -0.481. The largest absolute Gasteiger partial charge is 0.444 e. The molecule has 0 aromatic heterocycles. The Morgan fingerprint density at radius 1 is 1.22 bits per heavy atom. The average molecular weight is 336 g/mol. The van der Waals surface area contributed by atoms with Crippen molar-refractivity contribution < 1.29 is 14.3 Å². The molecule has 0 bridgehead atoms. The molecule has 126 valence electrons. The van der Waals surface area contributed by atoms with E-state index >= 15 is 0 Å². The summed E-state index contributed by atoms with van der Waals surface area (Å²) in [6.45, 7) is 8.17. The minimum Gasteiger partial charge on any atom is -0.444 e. The fourth-order valence-electron chi connectivity index (χ4n) is 2.56. The van der Waals surface area contributed by atoms with Crippen LogP contribution >= 0.6 is 11.8 Å². The minimum absolute atomic E-state index is 0.273. The van der Waals surface area contributed by atoms with Gasteiger partial charge in [-0.1, -0.05) is 6.07 Å². The number of piperazine rings is 1. The summed E-state index contributed by atoms with van der Waals surface area (Å²) < 4.78 is 5.41. The fraction of sp³-hybridized carbons (Fsp3) is 0.529. The lowest BCUT2D eigenvalue weighted by molar-refractivity contribution is 0.0240. The van der Waals surface area contributed by atoms with E-state index in [9.17, 15) is 9.59 Å². The topological polar surface area (TPSA) is 49.9 Å². The van der Waals surface area contributed by atoms with Crippen molar-refractivity contribution in [3.63, 3.8) is 0 Å². The summed E-state index contributed by atoms with van der Waals surface area (Å²) in [5, 5.41) is 0. The molecule has 1 aromatic rings. The Bertz CT molecular complexity index is 576. The van der Waals surface area contributed by atoms with Crippen LogP contribution in [0.2, 0.25) is 0 Å². The van der Waals surface area contributed by atoms with E-state index in [1.54, 1.807) is 16.7 Å². The number of amides is 1. The number of aldehydes is 1. The highest BCUT2D eigenvalue weighted by Gasteiger charge is 2.26. The van der Waals surface area contributed by atoms with Crippen LogP contribution in [0, 0.1) is 0 Å². The van der Waals surface area contributed by atoms with E-state index in [0.717, 1.165) is 22.4 Å². The van der Waals surface area contributed by atoms with Gasteiger partial charge in [0.2, 0.25) is 0 Å². The molecule has 0 radical (unpaired) electrons. The Morgan fingerprint density at radius 2 is 1.87 bits per heavy atom. The molecule has 0 spiro atoms. The molecule has 1 heterocycles. The van der Waals surface area contributed by atoms with Crippen LogP contribution in [0.15, 0.2) is 23.1 Å². The molecule has 0 atom stereocenters. The molecule has 5 nitrogen and oxygen atoms in total. The summed E-state index contributed by atoms with van der Waals surface area (Å²) in [6.07, 6.45) is 2.61. The quantitative estimate of drug-likeness (QED) is 0.626. The molecular weight excluding hydrogens is 312 g/mol. The zero-order valence-electron chi connectivity index (χ0n) is 14.2. The third-order valence-electron chi connectivity index (χ3n) is 3.65. The normalized spacial score (nSPS) is 15.5. The Balaban J connectivity index is 2.05. The number of nitrogens with zero attached hydrogens (tertiary/aromatic N) is 2. The van der Waals surface area contributed by atoms with E-state index in [0.29, 0.717) is 26.2 Å². The number of ether oxygens (including phenoxy) is 1. The van der Waals surface area contributed by atoms with Crippen molar-refractivity contribution in [3.8, 4) is 0 Å². The van der Waals surface area contributed by atoms with E-state index in [2.05, 4.69) is 4.90 Å². The second-order valence-corrected chi connectivity index (χ2v) is 7.31. The molecule has 2 rings (SSSR count). The molecule has 0 N–H and O–H groups in total. The van der Waals surface area contributed by atoms with Gasteiger partial charge in [-0.15, -0.1) is 11.8 Å². The number of thioether (sulfide) groups is 1. The maximum Gasteiger partial charge on any atom is 0.410 e. The Morgan fingerprint density at radius 3 is 2.39 bits per heavy atom. The predicted molar refractivity (Wildman–Crippen MR) is 93.6 cm³/mol. The Kier molecular flexibility index (Phi) is 5.57. The second kappa shape index (κ2) is 7.25. The van der Waals surface area contributed by atoms with Gasteiger partial charge in [0, 0.05) is 36.8 Å². The summed E-state index contributed by atoms with van der Waals surface area (Å²) >= 11 is 1.57. The number of carbonyl (C=O) groups excluding carboxylic acids is 2. The molecule has 1 aliphatic rings. The second-order valence-electron chi connectivity index (χ2n) is 6.47. The first-order valence-electron chi connectivity index (χ1n) is 7.71. The monoisotopic (exact) mass is 336 g/mol. The van der Waals surface area contributed by atoms with Gasteiger partial charge < -0.3 is 14.5 Å². The molecule has 23 heavy (non-hydrogen) atoms. The lowest BCUT2D eigenvalue weighted by Crippen LogP contribution is -2.50. The number of carbonyl (C=O) groups is 2. The molecule has 0 saturated carbocycles. The van der Waals surface area contributed by atoms with Crippen LogP contribution in [-0.4, -0.2) is 55.3 Å². The van der Waals surface area contributed by atoms with Gasteiger partial charge in [0.25, 0.3) is 0 Å². The Labute approximate surface area is 142 Å². The van der Waals surface area contributed by atoms with Crippen molar-refractivity contribution in [2.24, 2.45) is 0 Å². The predicted octanol–water partition coefficient (Wildman–Crippen LogP) is 3.28. The summed E-state index contributed by atoms with van der Waals surface area (Å²) in [6, 6.07) is 5.88. The van der Waals surface area contributed by atoms with Crippen LogP contribution in [0.5, 0.6) is 0 Å². The third kappa shape index (κ3) is 4.41. The van der Waals surface area contributed by atoms with Crippen LogP contribution in [0.1, 0.15) is 31.1 Å². The average Bonchev–Trinajstić information content (AvgIpc) is 2.52. The summed E-state index contributed by atoms with van der Waals surface area (Å²) in [5.74, 6) is 0. The molecule has 0 aliphatic carbocycles. The van der Waals surface area contributed by atoms with Crippen molar-refractivity contribution in [1.29, 1.82) is 0 Å². The number of rotatable bonds is 3. The molecule has 1 saturated heterocycles. The molecule has 1 amide bonds. The highest BCUT2D eigenvalue weighted by atomic mass is 32.2. The van der Waals surface area contributed by atoms with E-state index in [1.165, 1.54) is 0 Å². The number of hydrogen-bond donors (Lipinski definition) is 0. The molecule has 1 fully saturated rings. The molecule has 0 unspecified atom stereocenters. The van der Waals surface area contributed by atoms with Crippen molar-refractivity contribution >= 4 is 29.8 Å². The van der Waals surface area contributed by atoms with E-state index < -0.39 is 5.60 Å². The highest BCUT2D eigenvalue weighted by Crippen LogP contribution is 2.29. The van der Waals surface area contributed by atoms with Gasteiger partial charge in [-0.3, -0.25) is 4.79 Å². The van der Waals surface area contributed by atoms with E-state index in [1.807, 2.05) is 45.2 Å². The first-order chi connectivity index (χ1) is 10.9.